The van der Waals surface area contributed by atoms with Gasteiger partial charge in [0.1, 0.15) is 0 Å². The standard InChI is InChI=1S/C8H13NO2/c10-7(11)9-5-1-2-8(6-9)3-4-8/h1-6H2,(H,10,11). The summed E-state index contributed by atoms with van der Waals surface area (Å²) >= 11 is 0. The zero-order valence-electron chi connectivity index (χ0n) is 6.55. The van der Waals surface area contributed by atoms with E-state index < -0.39 is 6.09 Å². The largest absolute Gasteiger partial charge is 0.465 e. The van der Waals surface area contributed by atoms with Crippen molar-refractivity contribution in [2.75, 3.05) is 13.1 Å². The Bertz CT molecular complexity index is 187. The van der Waals surface area contributed by atoms with Crippen molar-refractivity contribution in [2.24, 2.45) is 5.41 Å². The number of carboxylic acid groups (broad SMARTS) is 1. The van der Waals surface area contributed by atoms with E-state index in [-0.39, 0.29) is 0 Å². The van der Waals surface area contributed by atoms with Gasteiger partial charge in [-0.25, -0.2) is 4.79 Å². The first kappa shape index (κ1) is 6.95. The van der Waals surface area contributed by atoms with E-state index in [4.69, 9.17) is 5.11 Å². The first-order chi connectivity index (χ1) is 5.22. The molecule has 0 bridgehead atoms. The van der Waals surface area contributed by atoms with Crippen LogP contribution in [0.4, 0.5) is 4.79 Å². The molecule has 1 N–H and O–H groups in total. The zero-order valence-corrected chi connectivity index (χ0v) is 6.55. The van der Waals surface area contributed by atoms with Gasteiger partial charge in [0.15, 0.2) is 0 Å². The molecule has 1 heterocycles. The van der Waals surface area contributed by atoms with Gasteiger partial charge < -0.3 is 10.0 Å². The number of nitrogens with zero attached hydrogens (tertiary/aromatic N) is 1. The minimum atomic E-state index is -0.740. The normalized spacial score (nSPS) is 27.1. The van der Waals surface area contributed by atoms with Crippen molar-refractivity contribution in [3.8, 4) is 0 Å². The van der Waals surface area contributed by atoms with E-state index in [1.165, 1.54) is 19.3 Å². The topological polar surface area (TPSA) is 40.5 Å². The molecule has 0 aromatic rings. The smallest absolute Gasteiger partial charge is 0.407 e. The minimum absolute atomic E-state index is 0.427. The highest BCUT2D eigenvalue weighted by Crippen LogP contribution is 2.51. The summed E-state index contributed by atoms with van der Waals surface area (Å²) in [5, 5.41) is 8.72. The van der Waals surface area contributed by atoms with Crippen LogP contribution in [0.2, 0.25) is 0 Å². The molecule has 11 heavy (non-hydrogen) atoms. The Labute approximate surface area is 66.0 Å². The number of rotatable bonds is 0. The van der Waals surface area contributed by atoms with E-state index in [1.807, 2.05) is 0 Å². The zero-order chi connectivity index (χ0) is 7.90. The molecule has 2 fully saturated rings. The second kappa shape index (κ2) is 2.13. The highest BCUT2D eigenvalue weighted by atomic mass is 16.4. The van der Waals surface area contributed by atoms with Crippen LogP contribution >= 0.6 is 0 Å². The third kappa shape index (κ3) is 1.19. The fourth-order valence-corrected chi connectivity index (χ4v) is 1.96. The second-order valence-electron chi connectivity index (χ2n) is 3.81. The molecule has 2 rings (SSSR count). The van der Waals surface area contributed by atoms with Gasteiger partial charge in [-0.2, -0.15) is 0 Å². The van der Waals surface area contributed by atoms with Gasteiger partial charge in [0.2, 0.25) is 0 Å². The van der Waals surface area contributed by atoms with Gasteiger partial charge in [-0.1, -0.05) is 0 Å². The third-order valence-corrected chi connectivity index (χ3v) is 2.89. The number of carbonyl (C=O) groups is 1. The van der Waals surface area contributed by atoms with Crippen LogP contribution in [0.15, 0.2) is 0 Å². The molecule has 0 unspecified atom stereocenters. The van der Waals surface area contributed by atoms with Crippen LogP contribution in [0.25, 0.3) is 0 Å². The van der Waals surface area contributed by atoms with Gasteiger partial charge in [0, 0.05) is 13.1 Å². The quantitative estimate of drug-likeness (QED) is 0.576. The minimum Gasteiger partial charge on any atom is -0.465 e. The molecule has 2 aliphatic rings. The highest BCUT2D eigenvalue weighted by molar-refractivity contribution is 5.65. The number of amides is 1. The Balaban J connectivity index is 1.98. The van der Waals surface area contributed by atoms with Crippen molar-refractivity contribution < 1.29 is 9.90 Å². The van der Waals surface area contributed by atoms with Gasteiger partial charge in [-0.15, -0.1) is 0 Å². The van der Waals surface area contributed by atoms with E-state index in [0.717, 1.165) is 19.5 Å². The molecule has 0 aromatic carbocycles. The summed E-state index contributed by atoms with van der Waals surface area (Å²) in [7, 11) is 0. The van der Waals surface area contributed by atoms with Crippen molar-refractivity contribution in [1.29, 1.82) is 0 Å². The van der Waals surface area contributed by atoms with Crippen LogP contribution in [0.5, 0.6) is 0 Å². The fraction of sp³-hybridized carbons (Fsp3) is 0.875. The molecule has 0 aromatic heterocycles. The lowest BCUT2D eigenvalue weighted by molar-refractivity contribution is 0.115. The first-order valence-corrected chi connectivity index (χ1v) is 4.20. The fourth-order valence-electron chi connectivity index (χ4n) is 1.96. The molecular weight excluding hydrogens is 142 g/mol. The van der Waals surface area contributed by atoms with E-state index >= 15 is 0 Å². The van der Waals surface area contributed by atoms with E-state index in [2.05, 4.69) is 0 Å². The van der Waals surface area contributed by atoms with Gasteiger partial charge in [-0.3, -0.25) is 0 Å². The molecule has 3 nitrogen and oxygen atoms in total. The average molecular weight is 155 g/mol. The van der Waals surface area contributed by atoms with Crippen molar-refractivity contribution in [3.05, 3.63) is 0 Å². The summed E-state index contributed by atoms with van der Waals surface area (Å²) in [5.41, 5.74) is 0.427. The van der Waals surface area contributed by atoms with Gasteiger partial charge >= 0.3 is 6.09 Å². The Morgan fingerprint density at radius 1 is 1.36 bits per heavy atom. The van der Waals surface area contributed by atoms with Crippen LogP contribution in [0.3, 0.4) is 0 Å². The SMILES string of the molecule is O=C(O)N1CCCC2(CC2)C1. The number of hydrogen-bond acceptors (Lipinski definition) is 1. The van der Waals surface area contributed by atoms with E-state index in [9.17, 15) is 4.79 Å². The summed E-state index contributed by atoms with van der Waals surface area (Å²) in [6.07, 6.45) is 4.06. The van der Waals surface area contributed by atoms with Gasteiger partial charge in [0.25, 0.3) is 0 Å². The van der Waals surface area contributed by atoms with Crippen molar-refractivity contribution in [2.45, 2.75) is 25.7 Å². The molecule has 1 amide bonds. The molecule has 62 valence electrons. The molecule has 1 saturated carbocycles. The summed E-state index contributed by atoms with van der Waals surface area (Å²) in [6.45, 7) is 1.54. The highest BCUT2D eigenvalue weighted by Gasteiger charge is 2.46. The molecule has 0 radical (unpaired) electrons. The Hall–Kier alpha value is -0.730. The lowest BCUT2D eigenvalue weighted by Gasteiger charge is -2.30. The third-order valence-electron chi connectivity index (χ3n) is 2.89. The van der Waals surface area contributed by atoms with E-state index in [0.29, 0.717) is 5.41 Å². The molecular formula is C8H13NO2. The summed E-state index contributed by atoms with van der Waals surface area (Å²) in [5.74, 6) is 0. The van der Waals surface area contributed by atoms with Gasteiger partial charge in [-0.05, 0) is 31.1 Å². The predicted octanol–water partition coefficient (Wildman–Crippen LogP) is 1.54. The van der Waals surface area contributed by atoms with Crippen LogP contribution in [0, 0.1) is 5.41 Å². The maximum Gasteiger partial charge on any atom is 0.407 e. The molecule has 1 spiro atoms. The first-order valence-electron chi connectivity index (χ1n) is 4.20. The van der Waals surface area contributed by atoms with Crippen LogP contribution in [-0.4, -0.2) is 29.2 Å². The molecule has 3 heteroatoms. The maximum atomic E-state index is 10.6. The predicted molar refractivity (Wildman–Crippen MR) is 40.5 cm³/mol. The number of likely N-dealkylation sites (tertiary alicyclic amines) is 1. The van der Waals surface area contributed by atoms with Gasteiger partial charge in [0.05, 0.1) is 0 Å². The number of hydrogen-bond donors (Lipinski definition) is 1. The van der Waals surface area contributed by atoms with Crippen molar-refractivity contribution in [3.63, 3.8) is 0 Å². The lowest BCUT2D eigenvalue weighted by atomic mass is 9.95. The summed E-state index contributed by atoms with van der Waals surface area (Å²) < 4.78 is 0. The molecule has 1 aliphatic carbocycles. The Morgan fingerprint density at radius 3 is 2.64 bits per heavy atom. The molecule has 0 atom stereocenters. The lowest BCUT2D eigenvalue weighted by Crippen LogP contribution is -2.39. The van der Waals surface area contributed by atoms with Crippen molar-refractivity contribution >= 4 is 6.09 Å². The van der Waals surface area contributed by atoms with Crippen LogP contribution in [-0.2, 0) is 0 Å². The Kier molecular flexibility index (Phi) is 1.34. The molecule has 1 aliphatic heterocycles. The monoisotopic (exact) mass is 155 g/mol. The average Bonchev–Trinajstić information content (AvgIpc) is 2.69. The summed E-state index contributed by atoms with van der Waals surface area (Å²) in [4.78, 5) is 12.2. The second-order valence-corrected chi connectivity index (χ2v) is 3.81. The summed E-state index contributed by atoms with van der Waals surface area (Å²) in [6, 6.07) is 0. The number of piperidine rings is 1. The van der Waals surface area contributed by atoms with Crippen LogP contribution in [0.1, 0.15) is 25.7 Å². The molecule has 1 saturated heterocycles. The van der Waals surface area contributed by atoms with Crippen LogP contribution < -0.4 is 0 Å². The van der Waals surface area contributed by atoms with Crippen molar-refractivity contribution in [1.82, 2.24) is 4.90 Å². The van der Waals surface area contributed by atoms with E-state index in [1.54, 1.807) is 4.90 Å². The maximum absolute atomic E-state index is 10.6. The Morgan fingerprint density at radius 2 is 2.09 bits per heavy atom.